The number of phenols is 1. The van der Waals surface area contributed by atoms with Crippen LogP contribution in [0, 0.1) is 6.92 Å². The number of aryl methyl sites for hydroxylation is 1. The van der Waals surface area contributed by atoms with Gasteiger partial charge in [-0.15, -0.1) is 0 Å². The van der Waals surface area contributed by atoms with Gasteiger partial charge < -0.3 is 5.11 Å². The summed E-state index contributed by atoms with van der Waals surface area (Å²) in [5.74, 6) is 0.207. The maximum atomic E-state index is 9.69. The molecule has 0 saturated heterocycles. The van der Waals surface area contributed by atoms with Gasteiger partial charge in [-0.25, -0.2) is 0 Å². The molecule has 0 aliphatic heterocycles. The number of aromatic hydroxyl groups is 1. The Morgan fingerprint density at radius 2 is 1.82 bits per heavy atom. The van der Waals surface area contributed by atoms with Gasteiger partial charge in [-0.1, -0.05) is 34.1 Å². The van der Waals surface area contributed by atoms with Gasteiger partial charge in [-0.05, 0) is 42.3 Å². The first kappa shape index (κ1) is 11.9. The highest BCUT2D eigenvalue weighted by Gasteiger charge is 1.97. The molecule has 2 nitrogen and oxygen atoms in total. The van der Waals surface area contributed by atoms with Crippen LogP contribution in [0.4, 0.5) is 5.69 Å². The summed E-state index contributed by atoms with van der Waals surface area (Å²) in [7, 11) is 0. The van der Waals surface area contributed by atoms with Crippen LogP contribution in [0.15, 0.2) is 51.9 Å². The number of nitrogens with zero attached hydrogens (tertiary/aromatic N) is 1. The topological polar surface area (TPSA) is 32.6 Å². The zero-order chi connectivity index (χ0) is 12.3. The summed E-state index contributed by atoms with van der Waals surface area (Å²) in [5, 5.41) is 9.69. The van der Waals surface area contributed by atoms with Gasteiger partial charge in [0, 0.05) is 10.7 Å². The Balaban J connectivity index is 2.23. The Bertz CT molecular complexity index is 547. The van der Waals surface area contributed by atoms with Crippen LogP contribution in [0.5, 0.6) is 5.75 Å². The van der Waals surface area contributed by atoms with E-state index in [0.29, 0.717) is 5.69 Å². The number of aliphatic imine (C=N–C) groups is 1. The molecule has 3 heteroatoms. The number of benzene rings is 2. The van der Waals surface area contributed by atoms with Crippen LogP contribution < -0.4 is 0 Å². The van der Waals surface area contributed by atoms with Crippen LogP contribution in [-0.2, 0) is 0 Å². The smallest absolute Gasteiger partial charge is 0.141 e. The van der Waals surface area contributed by atoms with E-state index >= 15 is 0 Å². The molecule has 0 radical (unpaired) electrons. The Morgan fingerprint density at radius 3 is 2.47 bits per heavy atom. The molecular formula is C14H12BrNO. The normalized spacial score (nSPS) is 10.9. The van der Waals surface area contributed by atoms with E-state index in [-0.39, 0.29) is 5.75 Å². The molecule has 0 fully saturated rings. The van der Waals surface area contributed by atoms with Crippen LogP contribution >= 0.6 is 15.9 Å². The lowest BCUT2D eigenvalue weighted by molar-refractivity contribution is 0.476. The minimum Gasteiger partial charge on any atom is -0.506 e. The van der Waals surface area contributed by atoms with Gasteiger partial charge in [0.05, 0.1) is 0 Å². The Hall–Kier alpha value is -1.61. The van der Waals surface area contributed by atoms with Crippen molar-refractivity contribution >= 4 is 27.8 Å². The molecule has 86 valence electrons. The summed E-state index contributed by atoms with van der Waals surface area (Å²) < 4.78 is 1.04. The first-order chi connectivity index (χ1) is 8.15. The Morgan fingerprint density at radius 1 is 1.12 bits per heavy atom. The molecule has 17 heavy (non-hydrogen) atoms. The predicted molar refractivity (Wildman–Crippen MR) is 74.2 cm³/mol. The average molecular weight is 290 g/mol. The second kappa shape index (κ2) is 5.15. The highest BCUT2D eigenvalue weighted by molar-refractivity contribution is 9.10. The molecule has 2 aromatic rings. The minimum absolute atomic E-state index is 0.207. The summed E-state index contributed by atoms with van der Waals surface area (Å²) in [4.78, 5) is 4.26. The van der Waals surface area contributed by atoms with Crippen molar-refractivity contribution in [2.45, 2.75) is 6.92 Å². The third kappa shape index (κ3) is 3.17. The van der Waals surface area contributed by atoms with Crippen molar-refractivity contribution in [2.75, 3.05) is 0 Å². The van der Waals surface area contributed by atoms with Gasteiger partial charge in [0.25, 0.3) is 0 Å². The van der Waals surface area contributed by atoms with Crippen LogP contribution in [0.25, 0.3) is 0 Å². The molecule has 0 aliphatic carbocycles. The Labute approximate surface area is 109 Å². The molecule has 0 aliphatic rings. The lowest BCUT2D eigenvalue weighted by atomic mass is 10.2. The van der Waals surface area contributed by atoms with Gasteiger partial charge in [0.15, 0.2) is 0 Å². The molecule has 0 aromatic heterocycles. The summed E-state index contributed by atoms with van der Waals surface area (Å²) in [6.07, 6.45) is 1.73. The quantitative estimate of drug-likeness (QED) is 0.825. The number of hydrogen-bond acceptors (Lipinski definition) is 2. The van der Waals surface area contributed by atoms with E-state index in [1.807, 2.05) is 37.3 Å². The minimum atomic E-state index is 0.207. The van der Waals surface area contributed by atoms with Crippen molar-refractivity contribution in [1.29, 1.82) is 0 Å². The van der Waals surface area contributed by atoms with Gasteiger partial charge in [-0.3, -0.25) is 4.99 Å². The first-order valence-electron chi connectivity index (χ1n) is 5.24. The molecule has 1 N–H and O–H groups in total. The summed E-state index contributed by atoms with van der Waals surface area (Å²) >= 11 is 3.38. The highest BCUT2D eigenvalue weighted by Crippen LogP contribution is 2.26. The van der Waals surface area contributed by atoms with Crippen LogP contribution in [0.1, 0.15) is 11.1 Å². The maximum Gasteiger partial charge on any atom is 0.141 e. The predicted octanol–water partition coefficient (Wildman–Crippen LogP) is 4.21. The molecule has 0 spiro atoms. The summed E-state index contributed by atoms with van der Waals surface area (Å²) in [6, 6.07) is 13.3. The number of phenolic OH excluding ortho intramolecular Hbond substituents is 1. The Kier molecular flexibility index (Phi) is 3.59. The fourth-order valence-electron chi connectivity index (χ4n) is 1.44. The second-order valence-corrected chi connectivity index (χ2v) is 4.72. The number of hydrogen-bond donors (Lipinski definition) is 1. The molecule has 0 bridgehead atoms. The van der Waals surface area contributed by atoms with Crippen LogP contribution in [-0.4, -0.2) is 11.3 Å². The number of rotatable bonds is 2. The van der Waals surface area contributed by atoms with Crippen molar-refractivity contribution in [3.8, 4) is 5.75 Å². The van der Waals surface area contributed by atoms with E-state index in [4.69, 9.17) is 0 Å². The third-order valence-corrected chi connectivity index (χ3v) is 2.88. The molecule has 0 unspecified atom stereocenters. The van der Waals surface area contributed by atoms with E-state index in [1.165, 1.54) is 0 Å². The van der Waals surface area contributed by atoms with Crippen molar-refractivity contribution in [3.63, 3.8) is 0 Å². The van der Waals surface area contributed by atoms with E-state index in [2.05, 4.69) is 20.9 Å². The fraction of sp³-hybridized carbons (Fsp3) is 0.0714. The summed E-state index contributed by atoms with van der Waals surface area (Å²) in [5.41, 5.74) is 2.59. The molecule has 0 amide bonds. The molecule has 0 heterocycles. The molecule has 0 saturated carbocycles. The molecular weight excluding hydrogens is 278 g/mol. The third-order valence-electron chi connectivity index (χ3n) is 2.35. The van der Waals surface area contributed by atoms with Crippen LogP contribution in [0.2, 0.25) is 0 Å². The largest absolute Gasteiger partial charge is 0.506 e. The monoisotopic (exact) mass is 289 g/mol. The number of halogens is 1. The summed E-state index contributed by atoms with van der Waals surface area (Å²) in [6.45, 7) is 1.93. The molecule has 2 rings (SSSR count). The second-order valence-electron chi connectivity index (χ2n) is 3.80. The lowest BCUT2D eigenvalue weighted by Gasteiger charge is -1.99. The molecule has 2 aromatic carbocycles. The first-order valence-corrected chi connectivity index (χ1v) is 6.04. The van der Waals surface area contributed by atoms with E-state index < -0.39 is 0 Å². The zero-order valence-corrected chi connectivity index (χ0v) is 11.0. The van der Waals surface area contributed by atoms with E-state index in [1.54, 1.807) is 18.3 Å². The van der Waals surface area contributed by atoms with Gasteiger partial charge in [0.1, 0.15) is 11.4 Å². The van der Waals surface area contributed by atoms with Gasteiger partial charge >= 0.3 is 0 Å². The van der Waals surface area contributed by atoms with E-state index in [9.17, 15) is 5.11 Å². The molecule has 0 atom stereocenters. The van der Waals surface area contributed by atoms with Crippen molar-refractivity contribution < 1.29 is 5.11 Å². The van der Waals surface area contributed by atoms with Gasteiger partial charge in [0.2, 0.25) is 0 Å². The van der Waals surface area contributed by atoms with Crippen molar-refractivity contribution in [3.05, 3.63) is 58.1 Å². The van der Waals surface area contributed by atoms with Crippen LogP contribution in [0.3, 0.4) is 0 Å². The van der Waals surface area contributed by atoms with Gasteiger partial charge in [-0.2, -0.15) is 0 Å². The van der Waals surface area contributed by atoms with Crippen molar-refractivity contribution in [1.82, 2.24) is 0 Å². The highest BCUT2D eigenvalue weighted by atomic mass is 79.9. The fourth-order valence-corrected chi connectivity index (χ4v) is 1.70. The average Bonchev–Trinajstić information content (AvgIpc) is 2.30. The lowest BCUT2D eigenvalue weighted by Crippen LogP contribution is -1.80. The standard InChI is InChI=1S/C14H12BrNO/c1-10-2-7-13(14(17)8-10)16-9-11-3-5-12(15)6-4-11/h2-9,17H,1H3. The maximum absolute atomic E-state index is 9.69. The van der Waals surface area contributed by atoms with Crippen molar-refractivity contribution in [2.24, 2.45) is 4.99 Å². The van der Waals surface area contributed by atoms with E-state index in [0.717, 1.165) is 15.6 Å². The zero-order valence-electron chi connectivity index (χ0n) is 9.39. The SMILES string of the molecule is Cc1ccc(N=Cc2ccc(Br)cc2)c(O)c1.